The summed E-state index contributed by atoms with van der Waals surface area (Å²) in [6.45, 7) is 4.79. The van der Waals surface area contributed by atoms with Crippen LogP contribution in [0.1, 0.15) is 380 Å². The Morgan fingerprint density at radius 2 is 0.570 bits per heavy atom. The van der Waals surface area contributed by atoms with Crippen LogP contribution in [0.2, 0.25) is 0 Å². The smallest absolute Gasteiger partial charge is 0.361 e. The van der Waals surface area contributed by atoms with E-state index in [-0.39, 0.29) is 32.2 Å². The van der Waals surface area contributed by atoms with Gasteiger partial charge in [0.05, 0.1) is 34.4 Å². The Hall–Kier alpha value is -4.31. The lowest BCUT2D eigenvalue weighted by Gasteiger charge is -2.25. The van der Waals surface area contributed by atoms with E-state index < -0.39 is 24.3 Å². The Bertz CT molecular complexity index is 2070. The fourth-order valence-corrected chi connectivity index (χ4v) is 12.1. The normalized spacial score (nSPS) is 13.2. The molecule has 576 valence electrons. The van der Waals surface area contributed by atoms with Gasteiger partial charge in [0.25, 0.3) is 6.29 Å². The third-order valence-electron chi connectivity index (χ3n) is 18.5. The number of nitrogens with zero attached hydrogens (tertiary/aromatic N) is 1. The molecule has 0 rings (SSSR count). The van der Waals surface area contributed by atoms with Crippen molar-refractivity contribution in [2.75, 3.05) is 47.5 Å². The summed E-state index contributed by atoms with van der Waals surface area (Å²) in [6, 6.07) is 0. The highest BCUT2D eigenvalue weighted by Gasteiger charge is 2.25. The van der Waals surface area contributed by atoms with E-state index in [1.165, 1.54) is 225 Å². The van der Waals surface area contributed by atoms with Gasteiger partial charge in [-0.1, -0.05) is 399 Å². The van der Waals surface area contributed by atoms with Gasteiger partial charge in [-0.05, 0) is 89.9 Å². The standard InChI is InChI=1S/C91H159NO8/c1-6-8-10-12-14-16-18-20-22-24-26-28-30-32-34-36-38-40-42-44-46-47-49-51-53-55-57-59-61-63-65-67-69-71-73-75-77-79-81-88(93)98-85-87(86-99-91(90(95)96)97-84-83-92(3,4)5)100-89(94)82-80-78-76-74-72-70-68-66-64-62-60-58-56-54-52-50-48-45-43-41-39-37-35-33-31-29-27-25-23-21-19-17-15-13-11-9-7-2/h9,11,15,17,21,23,27,29,33,35,39,41,45,48,52,54,58,60,64,66,87,91H,6-8,10,12-14,16,18-20,22,24-26,28,30-32,34,36-38,40,42-44,46-47,49-51,53,55-57,59,61-63,65,67-86H2,1-5H3/p+1/b11-9-,17-15-,23-21-,29-27-,35-33-,41-39-,48-45-,54-52-,60-58-,66-64-. The van der Waals surface area contributed by atoms with Gasteiger partial charge in [0.15, 0.2) is 6.10 Å². The number of ether oxygens (including phenoxy) is 4. The number of carbonyl (C=O) groups excluding carboxylic acids is 2. The molecule has 0 aromatic heterocycles. The minimum atomic E-state index is -1.52. The van der Waals surface area contributed by atoms with Crippen molar-refractivity contribution < 1.29 is 42.9 Å². The maximum atomic E-state index is 13.0. The topological polar surface area (TPSA) is 108 Å². The van der Waals surface area contributed by atoms with E-state index in [1.807, 2.05) is 21.1 Å². The van der Waals surface area contributed by atoms with Crippen LogP contribution in [0, 0.1) is 0 Å². The average Bonchev–Trinajstić information content (AvgIpc) is 1.14. The number of carboxylic acid groups (broad SMARTS) is 1. The van der Waals surface area contributed by atoms with E-state index in [4.69, 9.17) is 18.9 Å². The summed E-state index contributed by atoms with van der Waals surface area (Å²) in [4.78, 5) is 37.8. The Morgan fingerprint density at radius 3 is 0.850 bits per heavy atom. The van der Waals surface area contributed by atoms with Crippen molar-refractivity contribution >= 4 is 17.9 Å². The number of esters is 2. The van der Waals surface area contributed by atoms with Crippen molar-refractivity contribution in [1.29, 1.82) is 0 Å². The zero-order chi connectivity index (χ0) is 72.5. The SMILES string of the molecule is CC/C=C\C/C=C\C/C=C\C/C=C\C/C=C\C/C=C\C/C=C\C/C=C\C/C=C\C/C=C\CCCCCCCCC(=O)OC(COC(=O)CCCCCCCCCCCCCCCCCCCCCCCCCCCCCCCCCCCCCCCC)COC(OCC[N+](C)(C)C)C(=O)O. The number of carbonyl (C=O) groups is 3. The van der Waals surface area contributed by atoms with E-state index in [9.17, 15) is 19.5 Å². The molecule has 0 heterocycles. The molecule has 9 heteroatoms. The number of hydrogen-bond donors (Lipinski definition) is 1. The molecule has 0 radical (unpaired) electrons. The van der Waals surface area contributed by atoms with Gasteiger partial charge >= 0.3 is 17.9 Å². The summed E-state index contributed by atoms with van der Waals surface area (Å²) in [5.41, 5.74) is 0. The number of allylic oxidation sites excluding steroid dienone is 20. The van der Waals surface area contributed by atoms with Crippen LogP contribution in [-0.4, -0.2) is 87.4 Å². The van der Waals surface area contributed by atoms with E-state index in [1.54, 1.807) is 0 Å². The number of hydrogen-bond acceptors (Lipinski definition) is 7. The number of rotatable bonds is 78. The molecule has 2 unspecified atom stereocenters. The molecule has 9 nitrogen and oxygen atoms in total. The van der Waals surface area contributed by atoms with Crippen LogP contribution in [0.5, 0.6) is 0 Å². The maximum Gasteiger partial charge on any atom is 0.361 e. The fourth-order valence-electron chi connectivity index (χ4n) is 12.1. The monoisotopic (exact) mass is 1400 g/mol. The number of unbranched alkanes of at least 4 members (excludes halogenated alkanes) is 43. The molecule has 0 aromatic rings. The second-order valence-electron chi connectivity index (χ2n) is 29.4. The molecule has 0 aliphatic rings. The van der Waals surface area contributed by atoms with Crippen molar-refractivity contribution in [3.05, 3.63) is 122 Å². The van der Waals surface area contributed by atoms with Crippen molar-refractivity contribution in [1.82, 2.24) is 0 Å². The summed E-state index contributed by atoms with van der Waals surface area (Å²) in [5.74, 6) is -2.02. The lowest BCUT2D eigenvalue weighted by molar-refractivity contribution is -0.870. The molecule has 0 aromatic carbocycles. The zero-order valence-corrected chi connectivity index (χ0v) is 66.1. The highest BCUT2D eigenvalue weighted by Crippen LogP contribution is 2.19. The van der Waals surface area contributed by atoms with Crippen LogP contribution >= 0.6 is 0 Å². The summed E-state index contributed by atoms with van der Waals surface area (Å²) in [7, 11) is 5.98. The highest BCUT2D eigenvalue weighted by atomic mass is 16.7. The Morgan fingerprint density at radius 1 is 0.310 bits per heavy atom. The molecule has 0 amide bonds. The fraction of sp³-hybridized carbons (Fsp3) is 0.747. The maximum absolute atomic E-state index is 13.0. The van der Waals surface area contributed by atoms with Crippen LogP contribution in [-0.2, 0) is 33.3 Å². The van der Waals surface area contributed by atoms with Gasteiger partial charge < -0.3 is 28.5 Å². The quantitative estimate of drug-likeness (QED) is 0.0211. The number of carboxylic acids is 1. The molecule has 2 atom stereocenters. The van der Waals surface area contributed by atoms with Gasteiger partial charge in [0.1, 0.15) is 13.2 Å². The van der Waals surface area contributed by atoms with Crippen LogP contribution in [0.4, 0.5) is 0 Å². The van der Waals surface area contributed by atoms with Gasteiger partial charge in [-0.2, -0.15) is 0 Å². The Kier molecular flexibility index (Phi) is 76.9. The molecular formula is C91H160NO8+. The molecule has 0 aliphatic carbocycles. The van der Waals surface area contributed by atoms with Crippen molar-refractivity contribution in [2.45, 2.75) is 392 Å². The summed E-state index contributed by atoms with van der Waals surface area (Å²) in [5, 5.41) is 9.78. The minimum Gasteiger partial charge on any atom is -0.477 e. The zero-order valence-electron chi connectivity index (χ0n) is 66.1. The first-order valence-electron chi connectivity index (χ1n) is 42.2. The lowest BCUT2D eigenvalue weighted by atomic mass is 10.0. The molecule has 1 N–H and O–H groups in total. The van der Waals surface area contributed by atoms with Crippen molar-refractivity contribution in [3.63, 3.8) is 0 Å². The molecule has 0 aliphatic heterocycles. The minimum absolute atomic E-state index is 0.180. The summed E-state index contributed by atoms with van der Waals surface area (Å²) < 4.78 is 23.0. The van der Waals surface area contributed by atoms with E-state index in [0.717, 1.165) is 122 Å². The van der Waals surface area contributed by atoms with E-state index in [0.29, 0.717) is 23.9 Å². The largest absolute Gasteiger partial charge is 0.477 e. The van der Waals surface area contributed by atoms with Gasteiger partial charge in [-0.15, -0.1) is 0 Å². The number of quaternary nitrogens is 1. The number of aliphatic carboxylic acids is 1. The van der Waals surface area contributed by atoms with E-state index in [2.05, 4.69) is 135 Å². The summed E-state index contributed by atoms with van der Waals surface area (Å²) in [6.07, 6.45) is 112. The molecule has 0 saturated carbocycles. The molecule has 0 fully saturated rings. The lowest BCUT2D eigenvalue weighted by Crippen LogP contribution is -2.40. The molecular weight excluding hydrogens is 1230 g/mol. The molecule has 0 spiro atoms. The van der Waals surface area contributed by atoms with Crippen molar-refractivity contribution in [3.8, 4) is 0 Å². The molecule has 0 saturated heterocycles. The first-order chi connectivity index (χ1) is 49.1. The Balaban J connectivity index is 4.05. The Labute approximate surface area is 618 Å². The first-order valence-corrected chi connectivity index (χ1v) is 42.2. The predicted molar refractivity (Wildman–Crippen MR) is 433 cm³/mol. The summed E-state index contributed by atoms with van der Waals surface area (Å²) >= 11 is 0. The van der Waals surface area contributed by atoms with Gasteiger partial charge in [0, 0.05) is 12.8 Å². The van der Waals surface area contributed by atoms with Gasteiger partial charge in [0.2, 0.25) is 0 Å². The van der Waals surface area contributed by atoms with Crippen LogP contribution < -0.4 is 0 Å². The third-order valence-corrected chi connectivity index (χ3v) is 18.5. The first kappa shape index (κ1) is 95.7. The van der Waals surface area contributed by atoms with Gasteiger partial charge in [-0.3, -0.25) is 9.59 Å². The second kappa shape index (κ2) is 80.4. The molecule has 100 heavy (non-hydrogen) atoms. The van der Waals surface area contributed by atoms with Crippen LogP contribution in [0.25, 0.3) is 0 Å². The molecule has 0 bridgehead atoms. The second-order valence-corrected chi connectivity index (χ2v) is 29.4. The van der Waals surface area contributed by atoms with Gasteiger partial charge in [-0.25, -0.2) is 4.79 Å². The van der Waals surface area contributed by atoms with Crippen LogP contribution in [0.3, 0.4) is 0 Å². The van der Waals surface area contributed by atoms with Crippen LogP contribution in [0.15, 0.2) is 122 Å². The average molecular weight is 1400 g/mol. The number of likely N-dealkylation sites (N-methyl/N-ethyl adjacent to an activating group) is 1. The highest BCUT2D eigenvalue weighted by molar-refractivity contribution is 5.71. The predicted octanol–water partition coefficient (Wildman–Crippen LogP) is 27.4. The third kappa shape index (κ3) is 81.0. The van der Waals surface area contributed by atoms with E-state index >= 15 is 0 Å². The van der Waals surface area contributed by atoms with Crippen molar-refractivity contribution in [2.24, 2.45) is 0 Å².